The van der Waals surface area contributed by atoms with Crippen molar-refractivity contribution in [2.75, 3.05) is 25.0 Å². The zero-order valence-electron chi connectivity index (χ0n) is 14.6. The maximum atomic E-state index is 12.5. The van der Waals surface area contributed by atoms with Crippen LogP contribution in [0.25, 0.3) is 0 Å². The fourth-order valence-corrected chi connectivity index (χ4v) is 3.81. The lowest BCUT2D eigenvalue weighted by atomic mass is 10.3. The Balaban J connectivity index is 2.02. The van der Waals surface area contributed by atoms with Crippen molar-refractivity contribution in [2.45, 2.75) is 18.7 Å². The molecule has 0 unspecified atom stereocenters. The molecule has 0 saturated carbocycles. The molecule has 1 amide bonds. The Labute approximate surface area is 152 Å². The molecule has 0 fully saturated rings. The number of ether oxygens (including phenoxy) is 1. The standard InChI is InChI=1S/C17H21N3O5S/c1-3-20(4-2)26(23,24)14-8-5-7-13(11-14)19-16(21)12-25-17(22)15-9-6-10-18-15/h5-11,18H,3-4,12H2,1-2H3,(H,19,21). The van der Waals surface area contributed by atoms with Gasteiger partial charge >= 0.3 is 5.97 Å². The fraction of sp³-hybridized carbons (Fsp3) is 0.294. The number of hydrogen-bond donors (Lipinski definition) is 2. The van der Waals surface area contributed by atoms with Crippen molar-refractivity contribution >= 4 is 27.6 Å². The largest absolute Gasteiger partial charge is 0.451 e. The van der Waals surface area contributed by atoms with Crippen molar-refractivity contribution in [2.24, 2.45) is 0 Å². The van der Waals surface area contributed by atoms with Gasteiger partial charge in [0.1, 0.15) is 5.69 Å². The molecule has 0 aliphatic heterocycles. The Morgan fingerprint density at radius 2 is 1.88 bits per heavy atom. The van der Waals surface area contributed by atoms with Gasteiger partial charge in [-0.05, 0) is 30.3 Å². The Bertz CT molecular complexity index is 858. The third-order valence-electron chi connectivity index (χ3n) is 3.61. The van der Waals surface area contributed by atoms with Gasteiger partial charge in [0.05, 0.1) is 4.90 Å². The highest BCUT2D eigenvalue weighted by Crippen LogP contribution is 2.19. The zero-order chi connectivity index (χ0) is 19.2. The number of anilines is 1. The van der Waals surface area contributed by atoms with Crippen LogP contribution in [0, 0.1) is 0 Å². The lowest BCUT2D eigenvalue weighted by molar-refractivity contribution is -0.119. The van der Waals surface area contributed by atoms with E-state index in [0.717, 1.165) is 0 Å². The molecular weight excluding hydrogens is 358 g/mol. The molecule has 9 heteroatoms. The van der Waals surface area contributed by atoms with Gasteiger partial charge in [0, 0.05) is 25.0 Å². The number of H-pyrrole nitrogens is 1. The number of rotatable bonds is 8. The molecule has 0 bridgehead atoms. The van der Waals surface area contributed by atoms with E-state index in [4.69, 9.17) is 4.74 Å². The molecule has 0 spiro atoms. The number of sulfonamides is 1. The maximum Gasteiger partial charge on any atom is 0.355 e. The van der Waals surface area contributed by atoms with Crippen LogP contribution in [-0.2, 0) is 19.6 Å². The molecule has 1 aromatic heterocycles. The third kappa shape index (κ3) is 4.70. The van der Waals surface area contributed by atoms with Gasteiger partial charge in [-0.2, -0.15) is 4.31 Å². The SMILES string of the molecule is CCN(CC)S(=O)(=O)c1cccc(NC(=O)COC(=O)c2ccc[nH]2)c1. The molecule has 1 aromatic carbocycles. The van der Waals surface area contributed by atoms with Gasteiger partial charge in [-0.15, -0.1) is 0 Å². The van der Waals surface area contributed by atoms with Crippen molar-refractivity contribution in [3.05, 3.63) is 48.3 Å². The third-order valence-corrected chi connectivity index (χ3v) is 5.66. The molecule has 0 saturated heterocycles. The minimum atomic E-state index is -3.62. The predicted molar refractivity (Wildman–Crippen MR) is 96.3 cm³/mol. The van der Waals surface area contributed by atoms with Crippen LogP contribution in [-0.4, -0.2) is 49.3 Å². The Morgan fingerprint density at radius 3 is 2.50 bits per heavy atom. The van der Waals surface area contributed by atoms with Crippen LogP contribution in [0.1, 0.15) is 24.3 Å². The first-order chi connectivity index (χ1) is 12.4. The summed E-state index contributed by atoms with van der Waals surface area (Å²) in [7, 11) is -3.62. The molecule has 2 aromatic rings. The summed E-state index contributed by atoms with van der Waals surface area (Å²) in [6.45, 7) is 3.73. The van der Waals surface area contributed by atoms with Crippen LogP contribution in [0.3, 0.4) is 0 Å². The molecule has 0 aliphatic carbocycles. The highest BCUT2D eigenvalue weighted by Gasteiger charge is 2.22. The molecule has 1 heterocycles. The average molecular weight is 379 g/mol. The monoisotopic (exact) mass is 379 g/mol. The number of nitrogens with one attached hydrogen (secondary N) is 2. The van der Waals surface area contributed by atoms with E-state index < -0.39 is 28.5 Å². The van der Waals surface area contributed by atoms with Crippen molar-refractivity contribution in [3.8, 4) is 0 Å². The van der Waals surface area contributed by atoms with Gasteiger partial charge in [-0.25, -0.2) is 13.2 Å². The molecule has 26 heavy (non-hydrogen) atoms. The first-order valence-corrected chi connectivity index (χ1v) is 9.53. The Morgan fingerprint density at radius 1 is 1.15 bits per heavy atom. The quantitative estimate of drug-likeness (QED) is 0.680. The van der Waals surface area contributed by atoms with E-state index in [1.165, 1.54) is 28.6 Å². The smallest absolute Gasteiger partial charge is 0.355 e. The Kier molecular flexibility index (Phi) is 6.53. The maximum absolute atomic E-state index is 12.5. The molecule has 2 rings (SSSR count). The number of hydrogen-bond acceptors (Lipinski definition) is 5. The van der Waals surface area contributed by atoms with E-state index >= 15 is 0 Å². The number of carbonyl (C=O) groups is 2. The van der Waals surface area contributed by atoms with Crippen LogP contribution in [0.15, 0.2) is 47.5 Å². The molecule has 140 valence electrons. The molecule has 0 aliphatic rings. The first kappa shape index (κ1) is 19.7. The highest BCUT2D eigenvalue weighted by molar-refractivity contribution is 7.89. The van der Waals surface area contributed by atoms with Gasteiger partial charge < -0.3 is 15.0 Å². The molecule has 0 atom stereocenters. The highest BCUT2D eigenvalue weighted by atomic mass is 32.2. The summed E-state index contributed by atoms with van der Waals surface area (Å²) in [5.74, 6) is -1.22. The summed E-state index contributed by atoms with van der Waals surface area (Å²) in [5.41, 5.74) is 0.546. The second kappa shape index (κ2) is 8.63. The second-order valence-corrected chi connectivity index (χ2v) is 7.26. The number of benzene rings is 1. The van der Waals surface area contributed by atoms with Gasteiger partial charge in [0.25, 0.3) is 5.91 Å². The second-order valence-electron chi connectivity index (χ2n) is 5.33. The summed E-state index contributed by atoms with van der Waals surface area (Å²) in [5, 5.41) is 2.52. The summed E-state index contributed by atoms with van der Waals surface area (Å²) >= 11 is 0. The predicted octanol–water partition coefficient (Wildman–Crippen LogP) is 1.84. The lowest BCUT2D eigenvalue weighted by Crippen LogP contribution is -2.30. The molecule has 0 radical (unpaired) electrons. The summed E-state index contributed by atoms with van der Waals surface area (Å²) in [6.07, 6.45) is 1.57. The van der Waals surface area contributed by atoms with Gasteiger partial charge in [-0.1, -0.05) is 19.9 Å². The van der Waals surface area contributed by atoms with Crippen LogP contribution >= 0.6 is 0 Å². The van der Waals surface area contributed by atoms with Crippen molar-refractivity contribution in [3.63, 3.8) is 0 Å². The summed E-state index contributed by atoms with van der Waals surface area (Å²) in [4.78, 5) is 26.4. The van der Waals surface area contributed by atoms with Crippen LogP contribution < -0.4 is 5.32 Å². The molecule has 2 N–H and O–H groups in total. The lowest BCUT2D eigenvalue weighted by Gasteiger charge is -2.18. The first-order valence-electron chi connectivity index (χ1n) is 8.09. The number of aromatic amines is 1. The van der Waals surface area contributed by atoms with Crippen LogP contribution in [0.5, 0.6) is 0 Å². The van der Waals surface area contributed by atoms with E-state index in [1.54, 1.807) is 32.2 Å². The molecular formula is C17H21N3O5S. The fourth-order valence-electron chi connectivity index (χ4n) is 2.31. The summed E-state index contributed by atoms with van der Waals surface area (Å²) < 4.78 is 31.2. The van der Waals surface area contributed by atoms with Crippen molar-refractivity contribution < 1.29 is 22.7 Å². The number of amides is 1. The molecule has 8 nitrogen and oxygen atoms in total. The minimum absolute atomic E-state index is 0.0855. The number of nitrogens with zero attached hydrogens (tertiary/aromatic N) is 1. The van der Waals surface area contributed by atoms with Gasteiger partial charge in [0.15, 0.2) is 6.61 Å². The van der Waals surface area contributed by atoms with Gasteiger partial charge in [0.2, 0.25) is 10.0 Å². The van der Waals surface area contributed by atoms with E-state index in [9.17, 15) is 18.0 Å². The topological polar surface area (TPSA) is 109 Å². The van der Waals surface area contributed by atoms with Crippen LogP contribution in [0.2, 0.25) is 0 Å². The van der Waals surface area contributed by atoms with E-state index in [1.807, 2.05) is 0 Å². The zero-order valence-corrected chi connectivity index (χ0v) is 15.4. The normalized spacial score (nSPS) is 11.3. The van der Waals surface area contributed by atoms with E-state index in [0.29, 0.717) is 18.8 Å². The van der Waals surface area contributed by atoms with E-state index in [-0.39, 0.29) is 10.6 Å². The van der Waals surface area contributed by atoms with Gasteiger partial charge in [-0.3, -0.25) is 4.79 Å². The van der Waals surface area contributed by atoms with Crippen molar-refractivity contribution in [1.29, 1.82) is 0 Å². The van der Waals surface area contributed by atoms with Crippen molar-refractivity contribution in [1.82, 2.24) is 9.29 Å². The Hall–Kier alpha value is -2.65. The minimum Gasteiger partial charge on any atom is -0.451 e. The number of aromatic nitrogens is 1. The number of carbonyl (C=O) groups excluding carboxylic acids is 2. The summed E-state index contributed by atoms with van der Waals surface area (Å²) in [6, 6.07) is 9.11. The number of esters is 1. The van der Waals surface area contributed by atoms with Crippen LogP contribution in [0.4, 0.5) is 5.69 Å². The van der Waals surface area contributed by atoms with E-state index in [2.05, 4.69) is 10.3 Å². The average Bonchev–Trinajstić information content (AvgIpc) is 3.15.